The van der Waals surface area contributed by atoms with E-state index in [1.807, 2.05) is 59.7 Å². The number of hydrogen-bond donors (Lipinski definition) is 4. The first-order valence-corrected chi connectivity index (χ1v) is 22.2. The number of nitrogens with one attached hydrogen (secondary N) is 3. The summed E-state index contributed by atoms with van der Waals surface area (Å²) in [6, 6.07) is 5.56. The van der Waals surface area contributed by atoms with Crippen molar-refractivity contribution < 1.29 is 32.3 Å². The zero-order valence-electron chi connectivity index (χ0n) is 36.9. The predicted molar refractivity (Wildman–Crippen MR) is 235 cm³/mol. The number of ether oxygens (including phenoxy) is 1. The molecule has 334 valence electrons. The Bertz CT molecular complexity index is 2000. The summed E-state index contributed by atoms with van der Waals surface area (Å²) < 4.78 is 32.1. The lowest BCUT2D eigenvalue weighted by Gasteiger charge is -2.15. The molecule has 3 atom stereocenters. The van der Waals surface area contributed by atoms with Gasteiger partial charge in [0.05, 0.1) is 33.3 Å². The van der Waals surface area contributed by atoms with E-state index in [0.717, 1.165) is 48.1 Å². The summed E-state index contributed by atoms with van der Waals surface area (Å²) in [6.45, 7) is 17.2. The summed E-state index contributed by atoms with van der Waals surface area (Å²) in [5.74, 6) is -0.626. The molecule has 2 aromatic heterocycles. The lowest BCUT2D eigenvalue weighted by atomic mass is 10.1. The number of nitrogens with zero attached hydrogens (tertiary/aromatic N) is 4. The van der Waals surface area contributed by atoms with Crippen LogP contribution in [-0.2, 0) is 33.9 Å². The number of carbonyl (C=O) groups excluding carboxylic acids is 4. The van der Waals surface area contributed by atoms with Crippen molar-refractivity contribution in [3.8, 4) is 11.3 Å². The van der Waals surface area contributed by atoms with Gasteiger partial charge in [-0.1, -0.05) is 44.1 Å². The number of carbonyl (C=O) groups is 4. The van der Waals surface area contributed by atoms with Crippen LogP contribution in [-0.4, -0.2) is 94.1 Å². The SMILES string of the molecule is CC(C)n1c(=O)[nH]c2c(-c3cnccn3)cccc21.CCCCC/C=C\C1CC1C(=O)NS(=O)(=O)C1(C)CC1.CCNC=O.COC(C)(C)C.NC(=O)C1CCCN1C=O. The number of hydrogen-bond acceptors (Lipinski definition) is 10. The first-order valence-electron chi connectivity index (χ1n) is 20.8. The molecule has 1 aromatic carbocycles. The number of fused-ring (bicyclic) bond motifs is 1. The molecule has 3 heterocycles. The van der Waals surface area contributed by atoms with Gasteiger partial charge in [0.25, 0.3) is 0 Å². The van der Waals surface area contributed by atoms with Crippen molar-refractivity contribution in [2.75, 3.05) is 20.2 Å². The Hall–Kier alpha value is -4.90. The summed E-state index contributed by atoms with van der Waals surface area (Å²) in [5, 5.41) is 2.43. The normalized spacial score (nSPS) is 18.6. The molecule has 0 spiro atoms. The number of aromatic nitrogens is 4. The van der Waals surface area contributed by atoms with Gasteiger partial charge in [0.15, 0.2) is 0 Å². The molecule has 1 saturated heterocycles. The molecular formula is C43H68N8O8S. The minimum absolute atomic E-state index is 0.0417. The largest absolute Gasteiger partial charge is 0.379 e. The molecule has 0 radical (unpaired) electrons. The Morgan fingerprint density at radius 2 is 1.82 bits per heavy atom. The van der Waals surface area contributed by atoms with Crippen LogP contribution >= 0.6 is 0 Å². The molecule has 17 heteroatoms. The van der Waals surface area contributed by atoms with Gasteiger partial charge >= 0.3 is 5.69 Å². The Labute approximate surface area is 355 Å². The van der Waals surface area contributed by atoms with Crippen LogP contribution in [0.5, 0.6) is 0 Å². The third kappa shape index (κ3) is 16.3. The Balaban J connectivity index is 0.000000285. The van der Waals surface area contributed by atoms with E-state index in [4.69, 9.17) is 10.5 Å². The fraction of sp³-hybridized carbons (Fsp3) is 0.605. The molecule has 6 rings (SSSR count). The number of unbranched alkanes of at least 4 members (excludes halogenated alkanes) is 3. The van der Waals surface area contributed by atoms with Crippen LogP contribution in [0.2, 0.25) is 0 Å². The quantitative estimate of drug-likeness (QED) is 0.0917. The third-order valence-corrected chi connectivity index (χ3v) is 12.3. The van der Waals surface area contributed by atoms with E-state index >= 15 is 0 Å². The van der Waals surface area contributed by atoms with Crippen molar-refractivity contribution in [3.05, 3.63) is 59.4 Å². The number of benzene rings is 1. The van der Waals surface area contributed by atoms with E-state index in [1.165, 1.54) is 24.2 Å². The van der Waals surface area contributed by atoms with Gasteiger partial charge in [0.1, 0.15) is 6.04 Å². The van der Waals surface area contributed by atoms with Gasteiger partial charge in [0, 0.05) is 50.1 Å². The molecule has 3 aromatic rings. The molecule has 16 nitrogen and oxygen atoms in total. The topological polar surface area (TPSA) is 229 Å². The maximum atomic E-state index is 12.0. The standard InChI is InChI=1S/C15H25NO3S.C14H14N4O.C6H10N2O2.C5H12O.C3H7NO/c1-3-4-5-6-7-8-12-11-13(12)14(17)16-20(18,19)15(2)9-10-15;1-9(2)18-12-5-3-4-10(13(12)17-14(18)19)11-8-15-6-7-16-11;7-6(10)5-2-1-3-8(5)4-9;1-5(2,3)6-4;1-2-4-3-5/h7-8,12-13H,3-6,9-11H2,1-2H3,(H,16,17);3-9H,1-2H3,(H,17,19);4-5H,1-3H2,(H2,7,10);1-4H3;3H,2H2,1H3,(H,4,5)/b8-7-;;;;. The van der Waals surface area contributed by atoms with E-state index in [0.29, 0.717) is 38.6 Å². The van der Waals surface area contributed by atoms with E-state index in [2.05, 4.69) is 44.1 Å². The number of aromatic amines is 1. The smallest absolute Gasteiger partial charge is 0.326 e. The van der Waals surface area contributed by atoms with Crippen LogP contribution in [0.3, 0.4) is 0 Å². The van der Waals surface area contributed by atoms with Gasteiger partial charge in [0.2, 0.25) is 34.7 Å². The molecule has 2 aliphatic carbocycles. The number of rotatable bonds is 14. The maximum Gasteiger partial charge on any atom is 0.326 e. The third-order valence-electron chi connectivity index (χ3n) is 10.1. The number of allylic oxidation sites excluding steroid dienone is 2. The van der Waals surface area contributed by atoms with Crippen LogP contribution in [0.25, 0.3) is 22.3 Å². The van der Waals surface area contributed by atoms with Crippen LogP contribution < -0.4 is 21.5 Å². The number of para-hydroxylation sites is 1. The number of imidazole rings is 1. The first kappa shape index (κ1) is 51.2. The maximum absolute atomic E-state index is 12.0. The summed E-state index contributed by atoms with van der Waals surface area (Å²) in [7, 11) is -1.76. The van der Waals surface area contributed by atoms with Crippen molar-refractivity contribution in [2.45, 2.75) is 136 Å². The van der Waals surface area contributed by atoms with Crippen molar-refractivity contribution in [1.29, 1.82) is 0 Å². The minimum Gasteiger partial charge on any atom is -0.379 e. The number of amides is 4. The fourth-order valence-electron chi connectivity index (χ4n) is 5.91. The van der Waals surface area contributed by atoms with Crippen LogP contribution in [0.4, 0.5) is 0 Å². The number of likely N-dealkylation sites (tertiary alicyclic amines) is 1. The van der Waals surface area contributed by atoms with Crippen molar-refractivity contribution in [2.24, 2.45) is 17.6 Å². The monoisotopic (exact) mass is 856 g/mol. The van der Waals surface area contributed by atoms with E-state index in [9.17, 15) is 32.4 Å². The van der Waals surface area contributed by atoms with Crippen LogP contribution in [0.15, 0.2) is 53.7 Å². The van der Waals surface area contributed by atoms with Crippen molar-refractivity contribution in [3.63, 3.8) is 0 Å². The Kier molecular flexibility index (Phi) is 20.8. The highest BCUT2D eigenvalue weighted by Crippen LogP contribution is 2.44. The Morgan fingerprint density at radius 1 is 1.13 bits per heavy atom. The molecular weight excluding hydrogens is 789 g/mol. The molecule has 1 aliphatic heterocycles. The second-order valence-electron chi connectivity index (χ2n) is 16.4. The van der Waals surface area contributed by atoms with Crippen molar-refractivity contribution >= 4 is 45.7 Å². The van der Waals surface area contributed by atoms with Gasteiger partial charge in [-0.2, -0.15) is 0 Å². The average Bonchev–Trinajstić information content (AvgIpc) is 4.07. The second kappa shape index (κ2) is 24.4. The molecule has 5 N–H and O–H groups in total. The molecule has 2 saturated carbocycles. The summed E-state index contributed by atoms with van der Waals surface area (Å²) in [4.78, 5) is 66.8. The van der Waals surface area contributed by atoms with Gasteiger partial charge in [-0.3, -0.25) is 38.4 Å². The fourth-order valence-corrected chi connectivity index (χ4v) is 7.21. The second-order valence-corrected chi connectivity index (χ2v) is 18.6. The van der Waals surface area contributed by atoms with E-state index < -0.39 is 20.7 Å². The van der Waals surface area contributed by atoms with Gasteiger partial charge in [-0.05, 0) is 105 Å². The highest BCUT2D eigenvalue weighted by Gasteiger charge is 2.52. The van der Waals surface area contributed by atoms with Crippen molar-refractivity contribution in [1.82, 2.24) is 34.5 Å². The average molecular weight is 857 g/mol. The van der Waals surface area contributed by atoms with Crippen LogP contribution in [0, 0.1) is 11.8 Å². The summed E-state index contributed by atoms with van der Waals surface area (Å²) in [5.41, 5.74) is 8.31. The lowest BCUT2D eigenvalue weighted by Crippen LogP contribution is -2.39. The number of H-pyrrole nitrogens is 1. The lowest BCUT2D eigenvalue weighted by molar-refractivity contribution is -0.128. The molecule has 3 aliphatic rings. The molecule has 60 heavy (non-hydrogen) atoms. The molecule has 4 amide bonds. The summed E-state index contributed by atoms with van der Waals surface area (Å²) in [6.07, 6.45) is 18.9. The van der Waals surface area contributed by atoms with Gasteiger partial charge in [-0.25, -0.2) is 13.2 Å². The summed E-state index contributed by atoms with van der Waals surface area (Å²) >= 11 is 0. The molecule has 3 fully saturated rings. The predicted octanol–water partition coefficient (Wildman–Crippen LogP) is 5.40. The first-order chi connectivity index (χ1) is 28.3. The number of nitrogens with two attached hydrogens (primary N) is 1. The zero-order chi connectivity index (χ0) is 45.1. The Morgan fingerprint density at radius 3 is 2.30 bits per heavy atom. The number of sulfonamides is 1. The minimum atomic E-state index is -3.47. The molecule has 0 bridgehead atoms. The van der Waals surface area contributed by atoms with E-state index in [1.54, 1.807) is 37.2 Å². The highest BCUT2D eigenvalue weighted by molar-refractivity contribution is 7.91. The van der Waals surface area contributed by atoms with E-state index in [-0.39, 0.29) is 41.1 Å². The van der Waals surface area contributed by atoms with Crippen LogP contribution in [0.1, 0.15) is 119 Å². The van der Waals surface area contributed by atoms with Gasteiger partial charge < -0.3 is 25.7 Å². The molecule has 3 unspecified atom stereocenters. The number of primary amides is 1. The van der Waals surface area contributed by atoms with Gasteiger partial charge in [-0.15, -0.1) is 0 Å². The zero-order valence-corrected chi connectivity index (χ0v) is 37.7. The highest BCUT2D eigenvalue weighted by atomic mass is 32.2. The number of methoxy groups -OCH3 is 1.